The molecule has 2 amide bonds. The minimum absolute atomic E-state index is 0.0667. The van der Waals surface area contributed by atoms with Gasteiger partial charge < -0.3 is 9.72 Å². The summed E-state index contributed by atoms with van der Waals surface area (Å²) in [7, 11) is 0. The van der Waals surface area contributed by atoms with E-state index in [0.717, 1.165) is 16.6 Å². The normalized spacial score (nSPS) is 15.4. The Kier molecular flexibility index (Phi) is 5.93. The Morgan fingerprint density at radius 1 is 1.00 bits per heavy atom. The number of imide groups is 1. The lowest BCUT2D eigenvalue weighted by molar-refractivity contribution is -0.116. The van der Waals surface area contributed by atoms with Gasteiger partial charge in [-0.2, -0.15) is 0 Å². The van der Waals surface area contributed by atoms with Gasteiger partial charge in [0.25, 0.3) is 11.5 Å². The summed E-state index contributed by atoms with van der Waals surface area (Å²) in [6.45, 7) is 8.23. The average molecular weight is 445 g/mol. The average Bonchev–Trinajstić information content (AvgIpc) is 3.12. The molecule has 2 heterocycles. The first-order chi connectivity index (χ1) is 15.8. The smallest absolute Gasteiger partial charge is 0.404 e. The van der Waals surface area contributed by atoms with Crippen LogP contribution >= 0.6 is 0 Å². The Hall–Kier alpha value is -3.67. The van der Waals surface area contributed by atoms with Gasteiger partial charge in [-0.25, -0.2) is 4.79 Å². The van der Waals surface area contributed by atoms with Gasteiger partial charge in [-0.3, -0.25) is 14.9 Å². The Labute approximate surface area is 192 Å². The Balaban J connectivity index is 1.79. The molecule has 0 bridgehead atoms. The zero-order valence-corrected chi connectivity index (χ0v) is 19.3. The van der Waals surface area contributed by atoms with Crippen LogP contribution in [0.4, 0.5) is 4.79 Å². The zero-order valence-electron chi connectivity index (χ0n) is 19.3. The number of aromatic nitrogens is 1. The second-order valence-corrected chi connectivity index (χ2v) is 8.77. The Morgan fingerprint density at radius 2 is 1.76 bits per heavy atom. The van der Waals surface area contributed by atoms with Crippen LogP contribution in [-0.2, 0) is 14.9 Å². The molecule has 1 aromatic heterocycles. The number of hydrogen-bond acceptors (Lipinski definition) is 4. The summed E-state index contributed by atoms with van der Waals surface area (Å²) in [4.78, 5) is 39.7. The van der Waals surface area contributed by atoms with Crippen LogP contribution in [0.2, 0.25) is 0 Å². The van der Waals surface area contributed by atoms with E-state index in [1.165, 1.54) is 10.9 Å². The molecule has 6 nitrogen and oxygen atoms in total. The van der Waals surface area contributed by atoms with Gasteiger partial charge in [0.15, 0.2) is 5.76 Å². The number of hydrogen-bond donors (Lipinski definition) is 2. The lowest BCUT2D eigenvalue weighted by Gasteiger charge is -2.28. The van der Waals surface area contributed by atoms with Crippen molar-refractivity contribution >= 4 is 22.8 Å². The molecule has 33 heavy (non-hydrogen) atoms. The van der Waals surface area contributed by atoms with Crippen LogP contribution in [0.1, 0.15) is 57.6 Å². The molecule has 0 unspecified atom stereocenters. The molecule has 0 atom stereocenters. The topological polar surface area (TPSA) is 88.3 Å². The third kappa shape index (κ3) is 4.09. The number of allylic oxidation sites excluding steroid dienone is 1. The molecular weight excluding hydrogens is 416 g/mol. The molecule has 0 spiro atoms. The largest absolute Gasteiger partial charge is 0.419 e. The predicted molar refractivity (Wildman–Crippen MR) is 129 cm³/mol. The third-order valence-corrected chi connectivity index (χ3v) is 6.61. The van der Waals surface area contributed by atoms with Gasteiger partial charge in [-0.05, 0) is 58.9 Å². The molecule has 1 fully saturated rings. The van der Waals surface area contributed by atoms with Crippen molar-refractivity contribution in [3.05, 3.63) is 81.8 Å². The number of rotatable bonds is 6. The fraction of sp³-hybridized carbons (Fsp3) is 0.296. The molecule has 1 saturated heterocycles. The number of fused-ring (bicyclic) bond motifs is 1. The monoisotopic (exact) mass is 444 g/mol. The van der Waals surface area contributed by atoms with Crippen LogP contribution in [0.3, 0.4) is 0 Å². The van der Waals surface area contributed by atoms with E-state index < -0.39 is 17.4 Å². The minimum Gasteiger partial charge on any atom is -0.404 e. The summed E-state index contributed by atoms with van der Waals surface area (Å²) in [5.41, 5.74) is 2.49. The van der Waals surface area contributed by atoms with E-state index in [0.29, 0.717) is 24.3 Å². The first-order valence-corrected chi connectivity index (χ1v) is 11.3. The van der Waals surface area contributed by atoms with Crippen molar-refractivity contribution in [2.75, 3.05) is 0 Å². The number of carbonyl (C=O) groups is 2. The second kappa shape index (κ2) is 8.70. The molecule has 0 saturated carbocycles. The number of benzene rings is 2. The maximum atomic E-state index is 13.2. The van der Waals surface area contributed by atoms with E-state index >= 15 is 0 Å². The molecule has 6 heteroatoms. The number of pyridine rings is 1. The summed E-state index contributed by atoms with van der Waals surface area (Å²) >= 11 is 0. The summed E-state index contributed by atoms with van der Waals surface area (Å²) in [5.74, 6) is -0.269. The number of carbonyl (C=O) groups excluding carboxylic acids is 2. The van der Waals surface area contributed by atoms with Crippen molar-refractivity contribution in [2.24, 2.45) is 0 Å². The number of H-pyrrole nitrogens is 1. The molecule has 2 N–H and O–H groups in total. The van der Waals surface area contributed by atoms with E-state index in [-0.39, 0.29) is 11.3 Å². The SMILES string of the molecule is CCC(C=C1OC(=O)NC1=O)(CC)c1ccc(-c2ccc3cccc(C(C)C)c3c2)[nH]c1=O. The van der Waals surface area contributed by atoms with Gasteiger partial charge in [0.1, 0.15) is 0 Å². The molecule has 170 valence electrons. The van der Waals surface area contributed by atoms with E-state index in [1.54, 1.807) is 6.08 Å². The van der Waals surface area contributed by atoms with E-state index in [4.69, 9.17) is 4.74 Å². The summed E-state index contributed by atoms with van der Waals surface area (Å²) in [5, 5.41) is 4.44. The number of nitrogens with one attached hydrogen (secondary N) is 2. The van der Waals surface area contributed by atoms with E-state index in [1.807, 2.05) is 32.0 Å². The van der Waals surface area contributed by atoms with E-state index in [9.17, 15) is 14.4 Å². The number of ether oxygens (including phenoxy) is 1. The van der Waals surface area contributed by atoms with Gasteiger partial charge in [0.05, 0.1) is 0 Å². The second-order valence-electron chi connectivity index (χ2n) is 8.77. The maximum Gasteiger partial charge on any atom is 0.419 e. The molecular formula is C27H28N2O4. The number of cyclic esters (lactones) is 1. The van der Waals surface area contributed by atoms with Crippen LogP contribution in [-0.4, -0.2) is 17.0 Å². The molecule has 1 aliphatic rings. The van der Waals surface area contributed by atoms with Crippen LogP contribution in [0.25, 0.3) is 22.0 Å². The first kappa shape index (κ1) is 22.5. The number of alkyl carbamates (subject to hydrolysis) is 1. The number of amides is 2. The van der Waals surface area contributed by atoms with Crippen molar-refractivity contribution in [1.82, 2.24) is 10.3 Å². The van der Waals surface area contributed by atoms with Crippen LogP contribution in [0.5, 0.6) is 0 Å². The van der Waals surface area contributed by atoms with Crippen LogP contribution < -0.4 is 10.9 Å². The quantitative estimate of drug-likeness (QED) is 0.490. The highest BCUT2D eigenvalue weighted by Crippen LogP contribution is 2.34. The van der Waals surface area contributed by atoms with Gasteiger partial charge >= 0.3 is 6.09 Å². The predicted octanol–water partition coefficient (Wildman–Crippen LogP) is 5.53. The minimum atomic E-state index is -0.798. The van der Waals surface area contributed by atoms with Gasteiger partial charge in [-0.1, -0.05) is 64.1 Å². The zero-order chi connectivity index (χ0) is 23.8. The summed E-state index contributed by atoms with van der Waals surface area (Å²) in [6.07, 6.45) is 1.93. The fourth-order valence-electron chi connectivity index (χ4n) is 4.59. The van der Waals surface area contributed by atoms with Crippen molar-refractivity contribution in [3.8, 4) is 11.3 Å². The van der Waals surface area contributed by atoms with Crippen molar-refractivity contribution in [2.45, 2.75) is 51.9 Å². The summed E-state index contributed by atoms with van der Waals surface area (Å²) in [6, 6.07) is 16.2. The molecule has 4 rings (SSSR count). The van der Waals surface area contributed by atoms with E-state index in [2.05, 4.69) is 54.5 Å². The van der Waals surface area contributed by atoms with Gasteiger partial charge in [-0.15, -0.1) is 0 Å². The maximum absolute atomic E-state index is 13.2. The highest BCUT2D eigenvalue weighted by Gasteiger charge is 2.35. The molecule has 3 aromatic rings. The number of aromatic amines is 1. The van der Waals surface area contributed by atoms with Crippen molar-refractivity contribution in [3.63, 3.8) is 0 Å². The van der Waals surface area contributed by atoms with Gasteiger partial charge in [0.2, 0.25) is 0 Å². The highest BCUT2D eigenvalue weighted by molar-refractivity contribution is 6.07. The highest BCUT2D eigenvalue weighted by atomic mass is 16.6. The van der Waals surface area contributed by atoms with Crippen molar-refractivity contribution in [1.29, 1.82) is 0 Å². The molecule has 2 aromatic carbocycles. The lowest BCUT2D eigenvalue weighted by Crippen LogP contribution is -2.31. The van der Waals surface area contributed by atoms with Gasteiger partial charge in [0, 0.05) is 16.7 Å². The molecule has 0 radical (unpaired) electrons. The third-order valence-electron chi connectivity index (χ3n) is 6.61. The lowest BCUT2D eigenvalue weighted by atomic mass is 9.75. The molecule has 0 aliphatic carbocycles. The van der Waals surface area contributed by atoms with Crippen LogP contribution in [0, 0.1) is 0 Å². The van der Waals surface area contributed by atoms with Crippen LogP contribution in [0.15, 0.2) is 65.2 Å². The first-order valence-electron chi connectivity index (χ1n) is 11.3. The summed E-state index contributed by atoms with van der Waals surface area (Å²) < 4.78 is 5.01. The molecule has 1 aliphatic heterocycles. The standard InChI is InChI=1S/C27H28N2O4/c1-5-27(6-2,15-23-25(31)29-26(32)33-23)21-12-13-22(28-24(21)30)18-11-10-17-8-7-9-19(16(3)4)20(17)14-18/h7-16H,5-6H2,1-4H3,(H,28,30)(H,29,31,32). The fourth-order valence-corrected chi connectivity index (χ4v) is 4.59. The Morgan fingerprint density at radius 3 is 2.36 bits per heavy atom. The van der Waals surface area contributed by atoms with Crippen molar-refractivity contribution < 1.29 is 14.3 Å². The Bertz CT molecular complexity index is 1330.